The van der Waals surface area contributed by atoms with E-state index in [2.05, 4.69) is 17.4 Å². The Morgan fingerprint density at radius 2 is 1.93 bits per heavy atom. The fourth-order valence-corrected chi connectivity index (χ4v) is 1.48. The largest absolute Gasteiger partial charge is 0.330 e. The van der Waals surface area contributed by atoms with Crippen LogP contribution in [0.25, 0.3) is 0 Å². The maximum Gasteiger partial charge on any atom is 0.0206 e. The zero-order valence-corrected chi connectivity index (χ0v) is 9.15. The SMILES string of the molecule is NCCCC(N)CNCc1ccccc1. The van der Waals surface area contributed by atoms with Crippen LogP contribution in [0.1, 0.15) is 18.4 Å². The molecule has 3 heteroatoms. The van der Waals surface area contributed by atoms with Crippen LogP contribution in [-0.4, -0.2) is 19.1 Å². The van der Waals surface area contributed by atoms with Crippen molar-refractivity contribution >= 4 is 0 Å². The van der Waals surface area contributed by atoms with Crippen molar-refractivity contribution in [2.75, 3.05) is 13.1 Å². The van der Waals surface area contributed by atoms with Crippen molar-refractivity contribution in [2.24, 2.45) is 11.5 Å². The summed E-state index contributed by atoms with van der Waals surface area (Å²) in [5, 5.41) is 3.34. The Hall–Kier alpha value is -0.900. The van der Waals surface area contributed by atoms with Crippen molar-refractivity contribution in [3.8, 4) is 0 Å². The molecule has 0 fully saturated rings. The first kappa shape index (κ1) is 12.2. The summed E-state index contributed by atoms with van der Waals surface area (Å²) in [5.74, 6) is 0. The molecule has 0 amide bonds. The van der Waals surface area contributed by atoms with Gasteiger partial charge in [0.1, 0.15) is 0 Å². The van der Waals surface area contributed by atoms with Crippen LogP contribution in [0.5, 0.6) is 0 Å². The van der Waals surface area contributed by atoms with Gasteiger partial charge in [-0.1, -0.05) is 30.3 Å². The lowest BCUT2D eigenvalue weighted by Crippen LogP contribution is -2.33. The summed E-state index contributed by atoms with van der Waals surface area (Å²) in [6.45, 7) is 2.47. The van der Waals surface area contributed by atoms with Gasteiger partial charge in [-0.05, 0) is 24.9 Å². The molecule has 15 heavy (non-hydrogen) atoms. The van der Waals surface area contributed by atoms with Gasteiger partial charge in [-0.3, -0.25) is 0 Å². The fraction of sp³-hybridized carbons (Fsp3) is 0.500. The van der Waals surface area contributed by atoms with E-state index in [0.717, 1.165) is 32.5 Å². The van der Waals surface area contributed by atoms with E-state index >= 15 is 0 Å². The number of benzene rings is 1. The van der Waals surface area contributed by atoms with Gasteiger partial charge in [0.15, 0.2) is 0 Å². The van der Waals surface area contributed by atoms with Crippen LogP contribution in [-0.2, 0) is 6.54 Å². The highest BCUT2D eigenvalue weighted by Crippen LogP contribution is 1.97. The summed E-state index contributed by atoms with van der Waals surface area (Å²) in [4.78, 5) is 0. The topological polar surface area (TPSA) is 64.1 Å². The van der Waals surface area contributed by atoms with Crippen LogP contribution in [0, 0.1) is 0 Å². The number of hydrogen-bond acceptors (Lipinski definition) is 3. The average Bonchev–Trinajstić information content (AvgIpc) is 2.28. The van der Waals surface area contributed by atoms with Crippen LogP contribution in [0.4, 0.5) is 0 Å². The molecular weight excluding hydrogens is 186 g/mol. The number of nitrogens with two attached hydrogens (primary N) is 2. The summed E-state index contributed by atoms with van der Waals surface area (Å²) in [7, 11) is 0. The zero-order chi connectivity index (χ0) is 10.9. The highest BCUT2D eigenvalue weighted by Gasteiger charge is 2.00. The van der Waals surface area contributed by atoms with Gasteiger partial charge in [-0.2, -0.15) is 0 Å². The third-order valence-corrected chi connectivity index (χ3v) is 2.36. The molecule has 0 aliphatic carbocycles. The number of hydrogen-bond donors (Lipinski definition) is 3. The second-order valence-electron chi connectivity index (χ2n) is 3.81. The Morgan fingerprint density at radius 1 is 1.20 bits per heavy atom. The van der Waals surface area contributed by atoms with E-state index in [1.54, 1.807) is 0 Å². The predicted octanol–water partition coefficient (Wildman–Crippen LogP) is 0.842. The Bertz CT molecular complexity index is 248. The van der Waals surface area contributed by atoms with Crippen LogP contribution < -0.4 is 16.8 Å². The van der Waals surface area contributed by atoms with E-state index in [-0.39, 0.29) is 6.04 Å². The smallest absolute Gasteiger partial charge is 0.0206 e. The van der Waals surface area contributed by atoms with Crippen LogP contribution >= 0.6 is 0 Å². The van der Waals surface area contributed by atoms with Gasteiger partial charge in [0.2, 0.25) is 0 Å². The Labute approximate surface area is 91.9 Å². The molecule has 1 aromatic carbocycles. The van der Waals surface area contributed by atoms with Crippen molar-refractivity contribution in [2.45, 2.75) is 25.4 Å². The van der Waals surface area contributed by atoms with E-state index < -0.39 is 0 Å². The normalized spacial score (nSPS) is 12.7. The molecule has 0 bridgehead atoms. The van der Waals surface area contributed by atoms with Crippen molar-refractivity contribution in [1.82, 2.24) is 5.32 Å². The van der Waals surface area contributed by atoms with Gasteiger partial charge in [0.05, 0.1) is 0 Å². The summed E-state index contributed by atoms with van der Waals surface area (Å²) in [5.41, 5.74) is 12.6. The van der Waals surface area contributed by atoms with Crippen molar-refractivity contribution in [3.05, 3.63) is 35.9 Å². The second kappa shape index (κ2) is 7.40. The summed E-state index contributed by atoms with van der Waals surface area (Å²) < 4.78 is 0. The quantitative estimate of drug-likeness (QED) is 0.621. The third kappa shape index (κ3) is 5.52. The highest BCUT2D eigenvalue weighted by molar-refractivity contribution is 5.14. The highest BCUT2D eigenvalue weighted by atomic mass is 14.9. The lowest BCUT2D eigenvalue weighted by molar-refractivity contribution is 0.531. The lowest BCUT2D eigenvalue weighted by Gasteiger charge is -2.11. The van der Waals surface area contributed by atoms with E-state index in [4.69, 9.17) is 11.5 Å². The summed E-state index contributed by atoms with van der Waals surface area (Å²) >= 11 is 0. The molecule has 5 N–H and O–H groups in total. The Balaban J connectivity index is 2.11. The average molecular weight is 207 g/mol. The summed E-state index contributed by atoms with van der Waals surface area (Å²) in [6.07, 6.45) is 2.01. The van der Waals surface area contributed by atoms with E-state index in [0.29, 0.717) is 0 Å². The molecule has 0 aromatic heterocycles. The molecule has 3 nitrogen and oxygen atoms in total. The molecule has 0 heterocycles. The Kier molecular flexibility index (Phi) is 6.00. The monoisotopic (exact) mass is 207 g/mol. The molecule has 1 unspecified atom stereocenters. The molecule has 0 spiro atoms. The zero-order valence-electron chi connectivity index (χ0n) is 9.15. The molecule has 1 rings (SSSR count). The van der Waals surface area contributed by atoms with Gasteiger partial charge in [0, 0.05) is 19.1 Å². The second-order valence-corrected chi connectivity index (χ2v) is 3.81. The van der Waals surface area contributed by atoms with Crippen molar-refractivity contribution in [1.29, 1.82) is 0 Å². The maximum atomic E-state index is 5.91. The molecule has 84 valence electrons. The minimum atomic E-state index is 0.220. The van der Waals surface area contributed by atoms with Crippen molar-refractivity contribution < 1.29 is 0 Å². The van der Waals surface area contributed by atoms with E-state index in [9.17, 15) is 0 Å². The van der Waals surface area contributed by atoms with E-state index in [1.807, 2.05) is 18.2 Å². The molecule has 0 aliphatic rings. The minimum absolute atomic E-state index is 0.220. The molecule has 0 radical (unpaired) electrons. The number of rotatable bonds is 7. The number of nitrogens with one attached hydrogen (secondary N) is 1. The van der Waals surface area contributed by atoms with Crippen LogP contribution in [0.2, 0.25) is 0 Å². The first-order valence-electron chi connectivity index (χ1n) is 5.53. The molecule has 1 atom stereocenters. The van der Waals surface area contributed by atoms with Gasteiger partial charge < -0.3 is 16.8 Å². The van der Waals surface area contributed by atoms with Gasteiger partial charge in [-0.15, -0.1) is 0 Å². The standard InChI is InChI=1S/C12H21N3/c13-8-4-7-12(14)10-15-9-11-5-2-1-3-6-11/h1-3,5-6,12,15H,4,7-10,13-14H2. The minimum Gasteiger partial charge on any atom is -0.330 e. The molecule has 0 saturated heterocycles. The molecule has 0 saturated carbocycles. The van der Waals surface area contributed by atoms with Gasteiger partial charge >= 0.3 is 0 Å². The molecule has 0 aliphatic heterocycles. The first-order valence-corrected chi connectivity index (χ1v) is 5.53. The third-order valence-electron chi connectivity index (χ3n) is 2.36. The van der Waals surface area contributed by atoms with Crippen LogP contribution in [0.15, 0.2) is 30.3 Å². The molecule has 1 aromatic rings. The van der Waals surface area contributed by atoms with Gasteiger partial charge in [0.25, 0.3) is 0 Å². The van der Waals surface area contributed by atoms with Gasteiger partial charge in [-0.25, -0.2) is 0 Å². The maximum absolute atomic E-state index is 5.91. The Morgan fingerprint density at radius 3 is 2.60 bits per heavy atom. The fourth-order valence-electron chi connectivity index (χ4n) is 1.48. The predicted molar refractivity (Wildman–Crippen MR) is 64.4 cm³/mol. The van der Waals surface area contributed by atoms with Crippen molar-refractivity contribution in [3.63, 3.8) is 0 Å². The first-order chi connectivity index (χ1) is 7.33. The van der Waals surface area contributed by atoms with Crippen LogP contribution in [0.3, 0.4) is 0 Å². The molecular formula is C12H21N3. The van der Waals surface area contributed by atoms with E-state index in [1.165, 1.54) is 5.56 Å². The summed E-state index contributed by atoms with van der Waals surface area (Å²) in [6, 6.07) is 10.6. The lowest BCUT2D eigenvalue weighted by atomic mass is 10.1.